The largest absolute Gasteiger partial charge is 0.393 e. The molecule has 0 spiro atoms. The summed E-state index contributed by atoms with van der Waals surface area (Å²) >= 11 is 0. The van der Waals surface area contributed by atoms with Crippen molar-refractivity contribution < 1.29 is 59.2 Å². The molecule has 2 aromatic heterocycles. The van der Waals surface area contributed by atoms with Gasteiger partial charge in [-0.3, -0.25) is 8.96 Å². The molecule has 0 amide bonds. The molecule has 2 unspecified atom stereocenters. The van der Waals surface area contributed by atoms with E-state index in [1.807, 2.05) is 69.8 Å². The SMILES string of the molecule is CC(C)c1nnc(-c2[c-]cc(F)cc2)n1-c1ccccc1.CC(C)c1nnc(-c2ccc(F)cc2)n1-c1ccccc1.CC(O)CC(C)O.[Ir].[Ir]. The number of para-hydroxylation sites is 2. The van der Waals surface area contributed by atoms with Crippen molar-refractivity contribution in [1.29, 1.82) is 0 Å². The molecule has 0 fully saturated rings. The fraction of sp³-hybridized carbons (Fsp3) is 0.282. The van der Waals surface area contributed by atoms with Gasteiger partial charge in [-0.05, 0) is 68.8 Å². The van der Waals surface area contributed by atoms with Crippen LogP contribution in [0.3, 0.4) is 0 Å². The third-order valence-corrected chi connectivity index (χ3v) is 7.24. The maximum Gasteiger partial charge on any atom is 0.168 e. The molecule has 0 aliphatic carbocycles. The number of aliphatic hydroxyl groups is 2. The Kier molecular flexibility index (Phi) is 17.8. The second kappa shape index (κ2) is 20.9. The van der Waals surface area contributed by atoms with Crippen molar-refractivity contribution in [3.63, 3.8) is 0 Å². The summed E-state index contributed by atoms with van der Waals surface area (Å²) in [4.78, 5) is 0. The number of hydrogen-bond donors (Lipinski definition) is 2. The number of rotatable bonds is 8. The van der Waals surface area contributed by atoms with Crippen LogP contribution in [-0.4, -0.2) is 51.9 Å². The molecule has 0 aliphatic rings. The Labute approximate surface area is 325 Å². The monoisotopic (exact) mass is 1050 g/mol. The van der Waals surface area contributed by atoms with Crippen LogP contribution in [0.25, 0.3) is 34.2 Å². The summed E-state index contributed by atoms with van der Waals surface area (Å²) in [6.07, 6.45) is -0.278. The molecule has 2 heterocycles. The smallest absolute Gasteiger partial charge is 0.168 e. The van der Waals surface area contributed by atoms with E-state index in [1.165, 1.54) is 24.3 Å². The van der Waals surface area contributed by atoms with E-state index in [-0.39, 0.29) is 75.9 Å². The molecule has 6 aromatic rings. The molecule has 0 saturated carbocycles. The summed E-state index contributed by atoms with van der Waals surface area (Å²) in [7, 11) is 0. The van der Waals surface area contributed by atoms with E-state index in [0.717, 1.165) is 40.0 Å². The zero-order chi connectivity index (χ0) is 35.5. The second-order valence-electron chi connectivity index (χ2n) is 12.3. The van der Waals surface area contributed by atoms with Crippen molar-refractivity contribution in [1.82, 2.24) is 29.5 Å². The number of nitrogens with zero attached hydrogens (tertiary/aromatic N) is 6. The molecule has 4 aromatic carbocycles. The van der Waals surface area contributed by atoms with Gasteiger partial charge >= 0.3 is 0 Å². The second-order valence-corrected chi connectivity index (χ2v) is 12.3. The van der Waals surface area contributed by atoms with E-state index in [4.69, 9.17) is 10.2 Å². The van der Waals surface area contributed by atoms with Crippen LogP contribution in [0.2, 0.25) is 0 Å². The van der Waals surface area contributed by atoms with Crippen molar-refractivity contribution in [3.8, 4) is 34.2 Å². The van der Waals surface area contributed by atoms with E-state index in [2.05, 4.69) is 54.2 Å². The number of aromatic nitrogens is 6. The van der Waals surface area contributed by atoms with E-state index in [9.17, 15) is 8.78 Å². The molecule has 0 saturated heterocycles. The Morgan fingerprint density at radius 3 is 1.39 bits per heavy atom. The third kappa shape index (κ3) is 12.2. The Bertz CT molecular complexity index is 1730. The topological polar surface area (TPSA) is 102 Å². The van der Waals surface area contributed by atoms with Gasteiger partial charge in [0.15, 0.2) is 5.82 Å². The van der Waals surface area contributed by atoms with Gasteiger partial charge in [-0.15, -0.1) is 45.1 Å². The van der Waals surface area contributed by atoms with Gasteiger partial charge in [0.1, 0.15) is 17.5 Å². The average molecular weight is 1050 g/mol. The van der Waals surface area contributed by atoms with Crippen LogP contribution in [0.15, 0.2) is 103 Å². The number of aliphatic hydroxyl groups excluding tert-OH is 2. The zero-order valence-electron chi connectivity index (χ0n) is 29.3. The Balaban J connectivity index is 0.000000289. The minimum Gasteiger partial charge on any atom is -0.393 e. The fourth-order valence-corrected chi connectivity index (χ4v) is 5.00. The molecule has 8 nitrogen and oxygen atoms in total. The summed E-state index contributed by atoms with van der Waals surface area (Å²) in [5, 5.41) is 34.3. The molecule has 12 heteroatoms. The van der Waals surface area contributed by atoms with Gasteiger partial charge in [0.2, 0.25) is 0 Å². The molecule has 2 radical (unpaired) electrons. The molecular formula is C39H43F2Ir2N6O2-. The summed E-state index contributed by atoms with van der Waals surface area (Å²) in [6.45, 7) is 11.6. The van der Waals surface area contributed by atoms with Crippen molar-refractivity contribution in [2.45, 2.75) is 72.0 Å². The maximum absolute atomic E-state index is 13.1. The number of benzene rings is 4. The van der Waals surface area contributed by atoms with Crippen LogP contribution in [0.1, 0.15) is 71.4 Å². The van der Waals surface area contributed by atoms with E-state index >= 15 is 0 Å². The fourth-order valence-electron chi connectivity index (χ4n) is 5.00. The van der Waals surface area contributed by atoms with Gasteiger partial charge < -0.3 is 14.8 Å². The van der Waals surface area contributed by atoms with Gasteiger partial charge in [-0.2, -0.15) is 5.10 Å². The molecule has 274 valence electrons. The van der Waals surface area contributed by atoms with Gasteiger partial charge in [-0.25, -0.2) is 4.39 Å². The summed E-state index contributed by atoms with van der Waals surface area (Å²) in [5.74, 6) is 3.06. The first kappa shape index (κ1) is 43.4. The van der Waals surface area contributed by atoms with Crippen LogP contribution in [0, 0.1) is 17.7 Å². The minimum atomic E-state index is -0.375. The predicted molar refractivity (Wildman–Crippen MR) is 188 cm³/mol. The normalized spacial score (nSPS) is 11.7. The minimum absolute atomic E-state index is 0. The summed E-state index contributed by atoms with van der Waals surface area (Å²) in [6, 6.07) is 33.5. The quantitative estimate of drug-likeness (QED) is 0.149. The molecule has 2 atom stereocenters. The van der Waals surface area contributed by atoms with Crippen molar-refractivity contribution in [2.75, 3.05) is 0 Å². The first-order valence-electron chi connectivity index (χ1n) is 16.3. The standard InChI is InChI=1S/C17H16FN3.C17H15FN3.C5H12O2.2Ir/c2*1-12(2)16-19-20-17(13-8-10-14(18)11-9-13)21(16)15-6-4-3-5-7-15;1-4(6)3-5(2)7;;/h3-12H,1-2H3;3-8,10-12H,1-2H3;4-7H,3H2,1-2H3;;/q;-1;;;. The van der Waals surface area contributed by atoms with Gasteiger partial charge in [0, 0.05) is 74.8 Å². The van der Waals surface area contributed by atoms with E-state index in [1.54, 1.807) is 32.0 Å². The maximum atomic E-state index is 13.1. The average Bonchev–Trinajstić information content (AvgIpc) is 3.73. The van der Waals surface area contributed by atoms with Crippen molar-refractivity contribution in [2.24, 2.45) is 0 Å². The van der Waals surface area contributed by atoms with E-state index < -0.39 is 0 Å². The Morgan fingerprint density at radius 2 is 1.00 bits per heavy atom. The van der Waals surface area contributed by atoms with Crippen LogP contribution >= 0.6 is 0 Å². The molecule has 2 N–H and O–H groups in total. The first-order chi connectivity index (χ1) is 23.5. The Morgan fingerprint density at radius 1 is 0.569 bits per heavy atom. The number of hydrogen-bond acceptors (Lipinski definition) is 6. The molecule has 51 heavy (non-hydrogen) atoms. The first-order valence-corrected chi connectivity index (χ1v) is 16.3. The Hall–Kier alpha value is -3.76. The third-order valence-electron chi connectivity index (χ3n) is 7.24. The van der Waals surface area contributed by atoms with Crippen LogP contribution < -0.4 is 0 Å². The van der Waals surface area contributed by atoms with Gasteiger partial charge in [0.05, 0.1) is 18.0 Å². The van der Waals surface area contributed by atoms with Crippen molar-refractivity contribution >= 4 is 0 Å². The molecular weight excluding hydrogens is 1010 g/mol. The predicted octanol–water partition coefficient (Wildman–Crippen LogP) is 8.33. The summed E-state index contributed by atoms with van der Waals surface area (Å²) < 4.78 is 30.2. The molecule has 6 rings (SSSR count). The van der Waals surface area contributed by atoms with Crippen LogP contribution in [-0.2, 0) is 40.2 Å². The van der Waals surface area contributed by atoms with Crippen LogP contribution in [0.5, 0.6) is 0 Å². The zero-order valence-corrected chi connectivity index (χ0v) is 34.1. The molecule has 0 aliphatic heterocycles. The van der Waals surface area contributed by atoms with Crippen molar-refractivity contribution in [3.05, 3.63) is 132 Å². The number of halogens is 2. The van der Waals surface area contributed by atoms with Gasteiger partial charge in [-0.1, -0.05) is 64.1 Å². The summed E-state index contributed by atoms with van der Waals surface area (Å²) in [5.41, 5.74) is 3.56. The van der Waals surface area contributed by atoms with Gasteiger partial charge in [0.25, 0.3) is 0 Å². The van der Waals surface area contributed by atoms with Crippen LogP contribution in [0.4, 0.5) is 8.78 Å². The van der Waals surface area contributed by atoms with E-state index in [0.29, 0.717) is 12.2 Å². The molecule has 0 bridgehead atoms.